The molecule has 0 spiro atoms. The normalized spacial score (nSPS) is 17.4. The molecule has 0 rings (SSSR count). The van der Waals surface area contributed by atoms with Crippen LogP contribution in [0.3, 0.4) is 0 Å². The summed E-state index contributed by atoms with van der Waals surface area (Å²) in [6.07, 6.45) is 1.62. The highest BCUT2D eigenvalue weighted by molar-refractivity contribution is 7.99. The summed E-state index contributed by atoms with van der Waals surface area (Å²) in [5.74, 6) is 0. The molecular formula is C11H25NO3S. The zero-order valence-corrected chi connectivity index (χ0v) is 11.5. The smallest absolute Gasteiger partial charge is 0.0897 e. The Morgan fingerprint density at radius 3 is 2.38 bits per heavy atom. The van der Waals surface area contributed by atoms with E-state index in [0.717, 1.165) is 0 Å². The Morgan fingerprint density at radius 1 is 1.31 bits per heavy atom. The Bertz CT molecular complexity index is 165. The Hall–Kier alpha value is 0.190. The molecule has 0 bridgehead atoms. The van der Waals surface area contributed by atoms with Gasteiger partial charge in [-0.3, -0.25) is 0 Å². The summed E-state index contributed by atoms with van der Waals surface area (Å²) in [7, 11) is 0. The van der Waals surface area contributed by atoms with Crippen LogP contribution in [0.4, 0.5) is 0 Å². The maximum atomic E-state index is 9.62. The number of rotatable bonds is 9. The molecule has 4 nitrogen and oxygen atoms in total. The number of hydrogen-bond donors (Lipinski definition) is 3. The zero-order valence-electron chi connectivity index (χ0n) is 10.6. The van der Waals surface area contributed by atoms with Crippen molar-refractivity contribution in [1.29, 1.82) is 0 Å². The Kier molecular flexibility index (Phi) is 9.35. The van der Waals surface area contributed by atoms with Crippen molar-refractivity contribution >= 4 is 11.8 Å². The van der Waals surface area contributed by atoms with Crippen molar-refractivity contribution in [3.8, 4) is 0 Å². The molecule has 3 N–H and O–H groups in total. The predicted octanol–water partition coefficient (Wildman–Crippen LogP) is 0.474. The molecule has 0 fully saturated rings. The van der Waals surface area contributed by atoms with Gasteiger partial charge in [-0.15, -0.1) is 0 Å². The summed E-state index contributed by atoms with van der Waals surface area (Å²) >= 11 is 1.62. The summed E-state index contributed by atoms with van der Waals surface area (Å²) in [6, 6.07) is 0.175. The highest BCUT2D eigenvalue weighted by Crippen LogP contribution is 2.09. The third kappa shape index (κ3) is 7.46. The maximum Gasteiger partial charge on any atom is 0.0897 e. The molecule has 0 heterocycles. The lowest BCUT2D eigenvalue weighted by Crippen LogP contribution is -2.42. The van der Waals surface area contributed by atoms with E-state index in [2.05, 4.69) is 5.32 Å². The van der Waals surface area contributed by atoms with Crippen LogP contribution in [0.1, 0.15) is 20.8 Å². The summed E-state index contributed by atoms with van der Waals surface area (Å²) in [5, 5.41) is 22.1. The lowest BCUT2D eigenvalue weighted by Gasteiger charge is -2.23. The van der Waals surface area contributed by atoms with E-state index in [4.69, 9.17) is 9.84 Å². The van der Waals surface area contributed by atoms with E-state index >= 15 is 0 Å². The van der Waals surface area contributed by atoms with Crippen molar-refractivity contribution in [1.82, 2.24) is 5.32 Å². The monoisotopic (exact) mass is 251 g/mol. The Morgan fingerprint density at radius 2 is 1.94 bits per heavy atom. The highest BCUT2D eigenvalue weighted by Gasteiger charge is 2.16. The van der Waals surface area contributed by atoms with Gasteiger partial charge in [-0.05, 0) is 27.0 Å². The number of hydrogen-bond acceptors (Lipinski definition) is 5. The maximum absolute atomic E-state index is 9.62. The van der Waals surface area contributed by atoms with E-state index in [9.17, 15) is 5.11 Å². The average molecular weight is 251 g/mol. The van der Waals surface area contributed by atoms with Gasteiger partial charge in [0.25, 0.3) is 0 Å². The minimum atomic E-state index is -0.494. The molecular weight excluding hydrogens is 226 g/mol. The second kappa shape index (κ2) is 9.24. The lowest BCUT2D eigenvalue weighted by molar-refractivity contribution is 0.00548. The fraction of sp³-hybridized carbons (Fsp3) is 1.00. The van der Waals surface area contributed by atoms with Gasteiger partial charge < -0.3 is 20.3 Å². The topological polar surface area (TPSA) is 61.7 Å². The number of aliphatic hydroxyl groups excluding tert-OH is 2. The van der Waals surface area contributed by atoms with E-state index in [1.54, 1.807) is 11.8 Å². The predicted molar refractivity (Wildman–Crippen MR) is 68.9 cm³/mol. The van der Waals surface area contributed by atoms with Crippen molar-refractivity contribution in [2.24, 2.45) is 0 Å². The van der Waals surface area contributed by atoms with Crippen molar-refractivity contribution in [2.45, 2.75) is 44.3 Å². The van der Waals surface area contributed by atoms with Crippen LogP contribution in [0.15, 0.2) is 0 Å². The molecule has 0 aliphatic rings. The summed E-state index contributed by atoms with van der Waals surface area (Å²) in [6.45, 7) is 6.88. The average Bonchev–Trinajstić information content (AvgIpc) is 2.25. The van der Waals surface area contributed by atoms with E-state index in [-0.39, 0.29) is 24.0 Å². The molecule has 0 aromatic heterocycles. The minimum Gasteiger partial charge on any atom is -0.395 e. The molecule has 0 radical (unpaired) electrons. The SMILES string of the molecule is CSC(CO)C(C)NCC(O)COC(C)C. The first kappa shape index (κ1) is 16.2. The first-order chi connectivity index (χ1) is 7.51. The molecule has 3 atom stereocenters. The molecule has 3 unspecified atom stereocenters. The van der Waals surface area contributed by atoms with Gasteiger partial charge in [-0.1, -0.05) is 0 Å². The van der Waals surface area contributed by atoms with Crippen LogP contribution in [-0.4, -0.2) is 59.7 Å². The number of thioether (sulfide) groups is 1. The van der Waals surface area contributed by atoms with Gasteiger partial charge in [0.1, 0.15) is 0 Å². The van der Waals surface area contributed by atoms with Crippen LogP contribution >= 0.6 is 11.8 Å². The van der Waals surface area contributed by atoms with Crippen LogP contribution in [0.2, 0.25) is 0 Å². The quantitative estimate of drug-likeness (QED) is 0.556. The van der Waals surface area contributed by atoms with Crippen LogP contribution in [-0.2, 0) is 4.74 Å². The number of nitrogens with one attached hydrogen (secondary N) is 1. The molecule has 0 aliphatic carbocycles. The Balaban J connectivity index is 3.69. The van der Waals surface area contributed by atoms with E-state index < -0.39 is 6.10 Å². The first-order valence-electron chi connectivity index (χ1n) is 5.68. The van der Waals surface area contributed by atoms with E-state index in [0.29, 0.717) is 13.2 Å². The zero-order chi connectivity index (χ0) is 12.6. The van der Waals surface area contributed by atoms with Gasteiger partial charge in [0, 0.05) is 17.8 Å². The molecule has 5 heteroatoms. The third-order valence-corrected chi connectivity index (χ3v) is 3.50. The standard InChI is InChI=1S/C11H25NO3S/c1-8(2)15-7-10(14)5-12-9(3)11(6-13)16-4/h8-14H,5-7H2,1-4H3. The van der Waals surface area contributed by atoms with Crippen LogP contribution in [0.5, 0.6) is 0 Å². The molecule has 98 valence electrons. The highest BCUT2D eigenvalue weighted by atomic mass is 32.2. The summed E-state index contributed by atoms with van der Waals surface area (Å²) < 4.78 is 5.30. The van der Waals surface area contributed by atoms with Gasteiger partial charge in [-0.2, -0.15) is 11.8 Å². The van der Waals surface area contributed by atoms with Crippen LogP contribution in [0.25, 0.3) is 0 Å². The van der Waals surface area contributed by atoms with Crippen molar-refractivity contribution in [3.05, 3.63) is 0 Å². The van der Waals surface area contributed by atoms with E-state index in [1.165, 1.54) is 0 Å². The molecule has 0 saturated heterocycles. The fourth-order valence-electron chi connectivity index (χ4n) is 1.25. The first-order valence-corrected chi connectivity index (χ1v) is 6.96. The van der Waals surface area contributed by atoms with Crippen LogP contribution in [0, 0.1) is 0 Å². The van der Waals surface area contributed by atoms with Gasteiger partial charge in [-0.25, -0.2) is 0 Å². The summed E-state index contributed by atoms with van der Waals surface area (Å²) in [4.78, 5) is 0. The van der Waals surface area contributed by atoms with Gasteiger partial charge in [0.2, 0.25) is 0 Å². The molecule has 0 saturated carbocycles. The van der Waals surface area contributed by atoms with E-state index in [1.807, 2.05) is 27.0 Å². The lowest BCUT2D eigenvalue weighted by atomic mass is 10.2. The molecule has 16 heavy (non-hydrogen) atoms. The van der Waals surface area contributed by atoms with Crippen LogP contribution < -0.4 is 5.32 Å². The number of ether oxygens (including phenoxy) is 1. The fourth-order valence-corrected chi connectivity index (χ4v) is 1.91. The molecule has 0 amide bonds. The van der Waals surface area contributed by atoms with Crippen molar-refractivity contribution in [3.63, 3.8) is 0 Å². The third-order valence-electron chi connectivity index (χ3n) is 2.34. The van der Waals surface area contributed by atoms with Gasteiger partial charge >= 0.3 is 0 Å². The number of aliphatic hydroxyl groups is 2. The largest absolute Gasteiger partial charge is 0.395 e. The van der Waals surface area contributed by atoms with Crippen molar-refractivity contribution < 1.29 is 14.9 Å². The van der Waals surface area contributed by atoms with Gasteiger partial charge in [0.05, 0.1) is 25.4 Å². The molecule has 0 aromatic carbocycles. The Labute approximate surface area is 103 Å². The second-order valence-electron chi connectivity index (χ2n) is 4.19. The molecule has 0 aromatic rings. The van der Waals surface area contributed by atoms with Gasteiger partial charge in [0.15, 0.2) is 0 Å². The van der Waals surface area contributed by atoms with Crippen molar-refractivity contribution in [2.75, 3.05) is 26.0 Å². The summed E-state index contributed by atoms with van der Waals surface area (Å²) in [5.41, 5.74) is 0. The minimum absolute atomic E-state index is 0.142. The second-order valence-corrected chi connectivity index (χ2v) is 5.27. The molecule has 0 aliphatic heterocycles.